The van der Waals surface area contributed by atoms with Gasteiger partial charge in [-0.05, 0) is 42.8 Å². The van der Waals surface area contributed by atoms with E-state index in [4.69, 9.17) is 0 Å². The van der Waals surface area contributed by atoms with Crippen molar-refractivity contribution in [1.29, 1.82) is 0 Å². The quantitative estimate of drug-likeness (QED) is 0.776. The van der Waals surface area contributed by atoms with Crippen molar-refractivity contribution in [3.05, 3.63) is 53.0 Å². The van der Waals surface area contributed by atoms with Crippen molar-refractivity contribution in [2.24, 2.45) is 4.99 Å². The minimum atomic E-state index is -0.110. The molecule has 24 heavy (non-hydrogen) atoms. The van der Waals surface area contributed by atoms with Crippen LogP contribution in [0.5, 0.6) is 0 Å². The Morgan fingerprint density at radius 2 is 2.04 bits per heavy atom. The number of hydrogen-bond acceptors (Lipinski definition) is 4. The smallest absolute Gasteiger partial charge is 0.286 e. The Hall–Kier alpha value is -1.85. The number of allylic oxidation sites excluding steroid dienone is 2. The van der Waals surface area contributed by atoms with Gasteiger partial charge in [0.1, 0.15) is 0 Å². The van der Waals surface area contributed by atoms with E-state index in [1.165, 1.54) is 31.1 Å². The number of amides is 1. The average Bonchev–Trinajstić information content (AvgIpc) is 3.22. The molecule has 3 heterocycles. The Labute approximate surface area is 146 Å². The lowest BCUT2D eigenvalue weighted by Crippen LogP contribution is -2.51. The third-order valence-electron chi connectivity index (χ3n) is 4.80. The molecule has 1 amide bonds. The predicted molar refractivity (Wildman–Crippen MR) is 99.8 cm³/mol. The lowest BCUT2D eigenvalue weighted by molar-refractivity contribution is -0.113. The summed E-state index contributed by atoms with van der Waals surface area (Å²) in [6.45, 7) is 4.30. The number of rotatable bonds is 2. The van der Waals surface area contributed by atoms with Crippen LogP contribution in [0, 0.1) is 0 Å². The molecule has 1 unspecified atom stereocenters. The van der Waals surface area contributed by atoms with Gasteiger partial charge in [-0.1, -0.05) is 42.5 Å². The van der Waals surface area contributed by atoms with Gasteiger partial charge >= 0.3 is 0 Å². The van der Waals surface area contributed by atoms with E-state index >= 15 is 0 Å². The second-order valence-corrected chi connectivity index (χ2v) is 7.39. The number of hydrogen-bond donors (Lipinski definition) is 0. The predicted octanol–water partition coefficient (Wildman–Crippen LogP) is 2.99. The number of piperazine rings is 1. The molecule has 1 atom stereocenters. The summed E-state index contributed by atoms with van der Waals surface area (Å²) in [6, 6.07) is 10.7. The molecule has 1 aromatic rings. The molecule has 5 heteroatoms. The van der Waals surface area contributed by atoms with Crippen LogP contribution in [0.1, 0.15) is 18.4 Å². The van der Waals surface area contributed by atoms with Crippen molar-refractivity contribution in [3.8, 4) is 0 Å². The molecule has 3 aliphatic heterocycles. The number of fused-ring (bicyclic) bond motifs is 1. The van der Waals surface area contributed by atoms with Crippen LogP contribution in [0.4, 0.5) is 0 Å². The number of carbonyl (C=O) groups excluding carboxylic acids is 1. The number of thioether (sulfide) groups is 1. The third kappa shape index (κ3) is 3.32. The highest BCUT2D eigenvalue weighted by molar-refractivity contribution is 8.18. The molecule has 0 spiro atoms. The topological polar surface area (TPSA) is 35.9 Å². The third-order valence-corrected chi connectivity index (χ3v) is 5.87. The summed E-state index contributed by atoms with van der Waals surface area (Å²) in [5.74, 6) is -0.110. The molecule has 0 aromatic heterocycles. The molecule has 1 aromatic carbocycles. The maximum atomic E-state index is 12.1. The summed E-state index contributed by atoms with van der Waals surface area (Å²) < 4.78 is 0. The van der Waals surface area contributed by atoms with Gasteiger partial charge in [-0.25, -0.2) is 0 Å². The standard InChI is InChI=1S/C19H21N3OS/c23-18-17(10-4-8-15-6-2-1-3-7-15)24-19(20-18)22-13-12-21-11-5-9-16(21)14-22/h1-4,6-8,10,16H,5,9,11-14H2. The highest BCUT2D eigenvalue weighted by Crippen LogP contribution is 2.31. The molecule has 124 valence electrons. The zero-order chi connectivity index (χ0) is 16.4. The minimum absolute atomic E-state index is 0.110. The molecule has 4 rings (SSSR count). The maximum Gasteiger partial charge on any atom is 0.286 e. The Balaban J connectivity index is 1.40. The fourth-order valence-electron chi connectivity index (χ4n) is 3.52. The second kappa shape index (κ2) is 6.95. The van der Waals surface area contributed by atoms with E-state index in [2.05, 4.69) is 14.8 Å². The lowest BCUT2D eigenvalue weighted by Gasteiger charge is -2.38. The van der Waals surface area contributed by atoms with E-state index in [9.17, 15) is 4.79 Å². The summed E-state index contributed by atoms with van der Waals surface area (Å²) in [6.07, 6.45) is 8.39. The fraction of sp³-hybridized carbons (Fsp3) is 0.368. The number of amidine groups is 1. The van der Waals surface area contributed by atoms with E-state index in [1.807, 2.05) is 48.6 Å². The zero-order valence-corrected chi connectivity index (χ0v) is 14.4. The molecule has 2 saturated heterocycles. The van der Waals surface area contributed by atoms with Gasteiger partial charge in [0.05, 0.1) is 4.91 Å². The number of benzene rings is 1. The Morgan fingerprint density at radius 1 is 1.17 bits per heavy atom. The molecule has 0 N–H and O–H groups in total. The van der Waals surface area contributed by atoms with Crippen LogP contribution in [-0.4, -0.2) is 53.1 Å². The van der Waals surface area contributed by atoms with Gasteiger partial charge in [-0.3, -0.25) is 9.69 Å². The molecule has 0 aliphatic carbocycles. The highest BCUT2D eigenvalue weighted by Gasteiger charge is 2.34. The first-order valence-corrected chi connectivity index (χ1v) is 9.34. The molecule has 0 radical (unpaired) electrons. The lowest BCUT2D eigenvalue weighted by atomic mass is 10.2. The van der Waals surface area contributed by atoms with Gasteiger partial charge in [0.2, 0.25) is 0 Å². The fourth-order valence-corrected chi connectivity index (χ4v) is 4.42. The molecular weight excluding hydrogens is 318 g/mol. The van der Waals surface area contributed by atoms with E-state index < -0.39 is 0 Å². The van der Waals surface area contributed by atoms with Gasteiger partial charge in [0, 0.05) is 25.7 Å². The first kappa shape index (κ1) is 15.7. The molecule has 2 fully saturated rings. The van der Waals surface area contributed by atoms with Crippen LogP contribution in [-0.2, 0) is 4.79 Å². The van der Waals surface area contributed by atoms with Gasteiger partial charge in [-0.2, -0.15) is 4.99 Å². The molecule has 0 saturated carbocycles. The zero-order valence-electron chi connectivity index (χ0n) is 13.6. The van der Waals surface area contributed by atoms with Crippen LogP contribution in [0.3, 0.4) is 0 Å². The van der Waals surface area contributed by atoms with Crippen molar-refractivity contribution >= 4 is 28.9 Å². The second-order valence-electron chi connectivity index (χ2n) is 6.38. The van der Waals surface area contributed by atoms with Crippen molar-refractivity contribution in [3.63, 3.8) is 0 Å². The summed E-state index contributed by atoms with van der Waals surface area (Å²) in [5, 5.41) is 0.880. The largest absolute Gasteiger partial charge is 0.348 e. The molecule has 3 aliphatic rings. The van der Waals surface area contributed by atoms with Gasteiger partial charge in [0.25, 0.3) is 5.91 Å². The number of carbonyl (C=O) groups is 1. The van der Waals surface area contributed by atoms with E-state index in [0.29, 0.717) is 10.9 Å². The number of aliphatic imine (C=N–C) groups is 1. The SMILES string of the molecule is O=C1N=C(N2CCN3CCCC3C2)SC1=CC=Cc1ccccc1. The van der Waals surface area contributed by atoms with Crippen LogP contribution in [0.15, 0.2) is 52.4 Å². The Kier molecular flexibility index (Phi) is 4.54. The van der Waals surface area contributed by atoms with E-state index in [0.717, 1.165) is 30.4 Å². The summed E-state index contributed by atoms with van der Waals surface area (Å²) in [7, 11) is 0. The molecule has 0 bridgehead atoms. The van der Waals surface area contributed by atoms with Crippen molar-refractivity contribution in [1.82, 2.24) is 9.80 Å². The van der Waals surface area contributed by atoms with E-state index in [1.54, 1.807) is 0 Å². The normalized spacial score (nSPS) is 26.4. The Morgan fingerprint density at radius 3 is 2.92 bits per heavy atom. The van der Waals surface area contributed by atoms with Crippen molar-refractivity contribution in [2.75, 3.05) is 26.2 Å². The van der Waals surface area contributed by atoms with Crippen molar-refractivity contribution in [2.45, 2.75) is 18.9 Å². The van der Waals surface area contributed by atoms with Gasteiger partial charge in [-0.15, -0.1) is 0 Å². The Bertz CT molecular complexity index is 711. The average molecular weight is 339 g/mol. The number of nitrogens with zero attached hydrogens (tertiary/aromatic N) is 3. The minimum Gasteiger partial charge on any atom is -0.348 e. The van der Waals surface area contributed by atoms with Gasteiger partial charge in [0.15, 0.2) is 5.17 Å². The van der Waals surface area contributed by atoms with Crippen LogP contribution >= 0.6 is 11.8 Å². The summed E-state index contributed by atoms with van der Waals surface area (Å²) in [5.41, 5.74) is 1.13. The monoisotopic (exact) mass is 339 g/mol. The van der Waals surface area contributed by atoms with Gasteiger partial charge < -0.3 is 4.90 Å². The summed E-state index contributed by atoms with van der Waals surface area (Å²) in [4.78, 5) is 22.0. The maximum absolute atomic E-state index is 12.1. The molecule has 4 nitrogen and oxygen atoms in total. The van der Waals surface area contributed by atoms with Crippen LogP contribution < -0.4 is 0 Å². The summed E-state index contributed by atoms with van der Waals surface area (Å²) >= 11 is 1.51. The van der Waals surface area contributed by atoms with E-state index in [-0.39, 0.29) is 5.91 Å². The molecular formula is C19H21N3OS. The first-order chi connectivity index (χ1) is 11.8. The highest BCUT2D eigenvalue weighted by atomic mass is 32.2. The van der Waals surface area contributed by atoms with Crippen molar-refractivity contribution < 1.29 is 4.79 Å². The first-order valence-electron chi connectivity index (χ1n) is 8.53. The van der Waals surface area contributed by atoms with Crippen LogP contribution in [0.25, 0.3) is 6.08 Å². The van der Waals surface area contributed by atoms with Crippen LogP contribution in [0.2, 0.25) is 0 Å².